The van der Waals surface area contributed by atoms with E-state index in [1.807, 2.05) is 20.2 Å². The predicted molar refractivity (Wildman–Crippen MR) is 127 cm³/mol. The summed E-state index contributed by atoms with van der Waals surface area (Å²) in [5.41, 5.74) is 3.31. The lowest BCUT2D eigenvalue weighted by atomic mass is 9.88. The third-order valence-electron chi connectivity index (χ3n) is 5.65. The number of nitriles is 1. The SMILES string of the molecule is Cc1nn(C)cc1CNC(=O)OCC1CCc2c(sc(NC(=O)C=Cc3ccco3)c2C#N)C1. The summed E-state index contributed by atoms with van der Waals surface area (Å²) >= 11 is 1.41. The van der Waals surface area contributed by atoms with Crippen molar-refractivity contribution in [1.29, 1.82) is 5.26 Å². The van der Waals surface area contributed by atoms with Crippen LogP contribution in [0.3, 0.4) is 0 Å². The standard InChI is InChI=1S/C24H25N5O4S/c1-15-17(13-29(2)28-15)12-26-24(31)33-14-16-5-7-19-20(11-25)23(34-21(19)10-16)27-22(30)8-6-18-4-3-9-32-18/h3-4,6,8-9,13,16H,5,7,10,12,14H2,1-2H3,(H,26,31)(H,27,30). The zero-order valence-electron chi connectivity index (χ0n) is 19.0. The van der Waals surface area contributed by atoms with E-state index in [1.54, 1.807) is 22.9 Å². The fourth-order valence-electron chi connectivity index (χ4n) is 3.93. The van der Waals surface area contributed by atoms with E-state index >= 15 is 0 Å². The van der Waals surface area contributed by atoms with E-state index in [9.17, 15) is 14.9 Å². The molecule has 4 rings (SSSR count). The summed E-state index contributed by atoms with van der Waals surface area (Å²) in [6, 6.07) is 5.72. The third-order valence-corrected chi connectivity index (χ3v) is 6.82. The van der Waals surface area contributed by atoms with Gasteiger partial charge in [-0.25, -0.2) is 4.79 Å². The highest BCUT2D eigenvalue weighted by atomic mass is 32.1. The Balaban J connectivity index is 1.31. The third kappa shape index (κ3) is 5.55. The predicted octanol–water partition coefficient (Wildman–Crippen LogP) is 3.94. The number of fused-ring (bicyclic) bond motifs is 1. The van der Waals surface area contributed by atoms with Gasteiger partial charge in [-0.1, -0.05) is 0 Å². The van der Waals surface area contributed by atoms with Crippen LogP contribution in [0.1, 0.15) is 39.4 Å². The molecule has 10 heteroatoms. The largest absolute Gasteiger partial charge is 0.465 e. The molecule has 0 aromatic carbocycles. The number of anilines is 1. The molecule has 1 aliphatic carbocycles. The van der Waals surface area contributed by atoms with Gasteiger partial charge in [-0.05, 0) is 55.9 Å². The van der Waals surface area contributed by atoms with Crippen LogP contribution in [0.25, 0.3) is 6.08 Å². The molecule has 0 bridgehead atoms. The molecule has 0 fully saturated rings. The molecule has 2 N–H and O–H groups in total. The van der Waals surface area contributed by atoms with E-state index in [1.165, 1.54) is 23.7 Å². The Morgan fingerprint density at radius 2 is 2.32 bits per heavy atom. The van der Waals surface area contributed by atoms with Gasteiger partial charge in [-0.2, -0.15) is 10.4 Å². The summed E-state index contributed by atoms with van der Waals surface area (Å²) in [5.74, 6) is 0.404. The zero-order chi connectivity index (χ0) is 24.1. The highest BCUT2D eigenvalue weighted by Crippen LogP contribution is 2.39. The molecule has 9 nitrogen and oxygen atoms in total. The number of carbonyl (C=O) groups excluding carboxylic acids is 2. The molecule has 0 saturated carbocycles. The number of aryl methyl sites for hydroxylation is 2. The minimum atomic E-state index is -0.464. The topological polar surface area (TPSA) is 122 Å². The molecular weight excluding hydrogens is 454 g/mol. The molecule has 1 unspecified atom stereocenters. The van der Waals surface area contributed by atoms with Gasteiger partial charge in [0.25, 0.3) is 0 Å². The van der Waals surface area contributed by atoms with Crippen LogP contribution in [-0.4, -0.2) is 28.4 Å². The molecule has 176 valence electrons. The molecule has 34 heavy (non-hydrogen) atoms. The van der Waals surface area contributed by atoms with E-state index in [0.29, 0.717) is 42.3 Å². The second-order valence-corrected chi connectivity index (χ2v) is 9.24. The Labute approximate surface area is 201 Å². The zero-order valence-corrected chi connectivity index (χ0v) is 19.8. The second kappa shape index (κ2) is 10.4. The normalized spacial score (nSPS) is 15.0. The highest BCUT2D eigenvalue weighted by Gasteiger charge is 2.27. The average molecular weight is 480 g/mol. The second-order valence-electron chi connectivity index (χ2n) is 8.13. The lowest BCUT2D eigenvalue weighted by molar-refractivity contribution is -0.111. The summed E-state index contributed by atoms with van der Waals surface area (Å²) in [6.07, 6.45) is 8.09. The molecule has 0 aliphatic heterocycles. The van der Waals surface area contributed by atoms with Crippen molar-refractivity contribution in [2.24, 2.45) is 13.0 Å². The van der Waals surface area contributed by atoms with E-state index < -0.39 is 6.09 Å². The monoisotopic (exact) mass is 479 g/mol. The summed E-state index contributed by atoms with van der Waals surface area (Å²) in [5, 5.41) is 20.0. The van der Waals surface area contributed by atoms with Crippen molar-refractivity contribution < 1.29 is 18.7 Å². The van der Waals surface area contributed by atoms with Crippen LogP contribution in [0.15, 0.2) is 35.1 Å². The lowest BCUT2D eigenvalue weighted by Gasteiger charge is -2.21. The van der Waals surface area contributed by atoms with Gasteiger partial charge < -0.3 is 19.8 Å². The molecule has 0 spiro atoms. The molecule has 2 amide bonds. The van der Waals surface area contributed by atoms with Gasteiger partial charge in [0, 0.05) is 36.3 Å². The van der Waals surface area contributed by atoms with E-state index in [-0.39, 0.29) is 11.8 Å². The first-order valence-corrected chi connectivity index (χ1v) is 11.7. The summed E-state index contributed by atoms with van der Waals surface area (Å²) < 4.78 is 12.3. The number of alkyl carbamates (subject to hydrolysis) is 1. The van der Waals surface area contributed by atoms with Crippen LogP contribution in [0, 0.1) is 24.2 Å². The van der Waals surface area contributed by atoms with Gasteiger partial charge in [-0.15, -0.1) is 11.3 Å². The number of rotatable bonds is 7. The maximum absolute atomic E-state index is 12.3. The molecular formula is C24H25N5O4S. The van der Waals surface area contributed by atoms with Gasteiger partial charge in [0.1, 0.15) is 16.8 Å². The first-order chi connectivity index (χ1) is 16.4. The Bertz CT molecular complexity index is 1250. The van der Waals surface area contributed by atoms with Gasteiger partial charge in [0.05, 0.1) is 24.1 Å². The average Bonchev–Trinajstić information content (AvgIpc) is 3.53. The molecule has 3 aromatic rings. The van der Waals surface area contributed by atoms with Crippen molar-refractivity contribution in [1.82, 2.24) is 15.1 Å². The molecule has 1 aliphatic rings. The van der Waals surface area contributed by atoms with Crippen molar-refractivity contribution in [2.75, 3.05) is 11.9 Å². The van der Waals surface area contributed by atoms with Crippen LogP contribution in [0.4, 0.5) is 9.80 Å². The smallest absolute Gasteiger partial charge is 0.407 e. The molecule has 1 atom stereocenters. The van der Waals surface area contributed by atoms with Crippen molar-refractivity contribution in [3.63, 3.8) is 0 Å². The highest BCUT2D eigenvalue weighted by molar-refractivity contribution is 7.16. The van der Waals surface area contributed by atoms with Crippen LogP contribution < -0.4 is 10.6 Å². The van der Waals surface area contributed by atoms with Crippen LogP contribution in [0.5, 0.6) is 0 Å². The van der Waals surface area contributed by atoms with E-state index in [4.69, 9.17) is 9.15 Å². The maximum atomic E-state index is 12.3. The first kappa shape index (κ1) is 23.3. The Morgan fingerprint density at radius 3 is 3.03 bits per heavy atom. The number of ether oxygens (including phenoxy) is 1. The lowest BCUT2D eigenvalue weighted by Crippen LogP contribution is -2.27. The molecule has 3 heterocycles. The van der Waals surface area contributed by atoms with Gasteiger partial charge in [0.2, 0.25) is 5.91 Å². The van der Waals surface area contributed by atoms with Crippen LogP contribution in [-0.2, 0) is 36.0 Å². The Kier molecular flexibility index (Phi) is 7.13. The molecule has 0 saturated heterocycles. The summed E-state index contributed by atoms with van der Waals surface area (Å²) in [7, 11) is 1.84. The number of nitrogens with one attached hydrogen (secondary N) is 2. The summed E-state index contributed by atoms with van der Waals surface area (Å²) in [4.78, 5) is 25.5. The number of aromatic nitrogens is 2. The summed E-state index contributed by atoms with van der Waals surface area (Å²) in [6.45, 7) is 2.55. The fourth-order valence-corrected chi connectivity index (χ4v) is 5.25. The first-order valence-electron chi connectivity index (χ1n) is 10.9. The van der Waals surface area contributed by atoms with Crippen LogP contribution >= 0.6 is 11.3 Å². The van der Waals surface area contributed by atoms with Crippen molar-refractivity contribution in [3.05, 3.63) is 63.7 Å². The van der Waals surface area contributed by atoms with Gasteiger partial charge in [0.15, 0.2) is 0 Å². The number of amides is 2. The number of nitrogens with zero attached hydrogens (tertiary/aromatic N) is 3. The van der Waals surface area contributed by atoms with Gasteiger partial charge in [-0.3, -0.25) is 9.48 Å². The Morgan fingerprint density at radius 1 is 1.47 bits per heavy atom. The fraction of sp³-hybridized carbons (Fsp3) is 0.333. The number of carbonyl (C=O) groups is 2. The van der Waals surface area contributed by atoms with E-state index in [0.717, 1.165) is 28.1 Å². The molecule has 3 aromatic heterocycles. The number of furan rings is 1. The van der Waals surface area contributed by atoms with Crippen LogP contribution in [0.2, 0.25) is 0 Å². The quantitative estimate of drug-likeness (QED) is 0.495. The van der Waals surface area contributed by atoms with E-state index in [2.05, 4.69) is 21.8 Å². The Hall–Kier alpha value is -3.84. The minimum Gasteiger partial charge on any atom is -0.465 e. The number of hydrogen-bond donors (Lipinski definition) is 2. The van der Waals surface area contributed by atoms with Crippen molar-refractivity contribution in [3.8, 4) is 6.07 Å². The molecule has 0 radical (unpaired) electrons. The van der Waals surface area contributed by atoms with Crippen molar-refractivity contribution in [2.45, 2.75) is 32.7 Å². The number of thiophene rings is 1. The number of hydrogen-bond acceptors (Lipinski definition) is 7. The van der Waals surface area contributed by atoms with Crippen molar-refractivity contribution >= 4 is 34.4 Å². The maximum Gasteiger partial charge on any atom is 0.407 e. The van der Waals surface area contributed by atoms with Gasteiger partial charge >= 0.3 is 6.09 Å². The minimum absolute atomic E-state index is 0.158.